The molecule has 0 aromatic heterocycles. The van der Waals surface area contributed by atoms with Gasteiger partial charge in [0.1, 0.15) is 17.2 Å². The van der Waals surface area contributed by atoms with Crippen molar-refractivity contribution in [3.05, 3.63) is 41.0 Å². The van der Waals surface area contributed by atoms with E-state index in [0.717, 1.165) is 5.56 Å². The van der Waals surface area contributed by atoms with Gasteiger partial charge in [-0.05, 0) is 31.0 Å². The first-order chi connectivity index (χ1) is 16.7. The Morgan fingerprint density at radius 3 is 2.37 bits per heavy atom. The summed E-state index contributed by atoms with van der Waals surface area (Å²) in [5.41, 5.74) is 1.52. The maximum atomic E-state index is 13.0. The molecule has 0 saturated carbocycles. The lowest BCUT2D eigenvalue weighted by atomic mass is 9.93. The first-order valence-corrected chi connectivity index (χ1v) is 11.3. The predicted octanol–water partition coefficient (Wildman–Crippen LogP) is 3.97. The van der Waals surface area contributed by atoms with E-state index in [1.54, 1.807) is 31.2 Å². The second kappa shape index (κ2) is 11.3. The van der Waals surface area contributed by atoms with Crippen LogP contribution in [-0.4, -0.2) is 55.1 Å². The van der Waals surface area contributed by atoms with E-state index in [1.165, 1.54) is 21.1 Å². The number of esters is 1. The molecule has 2 atom stereocenters. The molecule has 35 heavy (non-hydrogen) atoms. The summed E-state index contributed by atoms with van der Waals surface area (Å²) in [7, 11) is 2.82. The molecule has 10 heteroatoms. The van der Waals surface area contributed by atoms with Crippen LogP contribution in [-0.2, 0) is 16.0 Å². The number of ketones is 1. The first kappa shape index (κ1) is 26.2. The Kier molecular flexibility index (Phi) is 8.45. The molecule has 3 rings (SSSR count). The second-order valence-corrected chi connectivity index (χ2v) is 8.50. The van der Waals surface area contributed by atoms with E-state index in [0.29, 0.717) is 23.3 Å². The van der Waals surface area contributed by atoms with Gasteiger partial charge < -0.3 is 28.8 Å². The van der Waals surface area contributed by atoms with Gasteiger partial charge in [-0.3, -0.25) is 14.4 Å². The molecule has 0 spiro atoms. The highest BCUT2D eigenvalue weighted by Gasteiger charge is 2.36. The van der Waals surface area contributed by atoms with Crippen LogP contribution in [0.5, 0.6) is 28.7 Å². The van der Waals surface area contributed by atoms with E-state index in [2.05, 4.69) is 0 Å². The van der Waals surface area contributed by atoms with Crippen LogP contribution in [0, 0.1) is 6.92 Å². The Bertz CT molecular complexity index is 1110. The van der Waals surface area contributed by atoms with Crippen LogP contribution in [0.25, 0.3) is 0 Å². The van der Waals surface area contributed by atoms with Gasteiger partial charge in [-0.25, -0.2) is 0 Å². The third kappa shape index (κ3) is 5.97. The van der Waals surface area contributed by atoms with Crippen molar-refractivity contribution in [1.29, 1.82) is 0 Å². The third-order valence-corrected chi connectivity index (χ3v) is 5.85. The zero-order valence-corrected chi connectivity index (χ0v) is 20.6. The lowest BCUT2D eigenvalue weighted by Gasteiger charge is -2.29. The van der Waals surface area contributed by atoms with Gasteiger partial charge in [0.2, 0.25) is 11.5 Å². The Labute approximate surface area is 207 Å². The summed E-state index contributed by atoms with van der Waals surface area (Å²) < 4.78 is 28.1. The maximum Gasteiger partial charge on any atom is 0.321 e. The molecule has 1 aliphatic heterocycles. The number of benzene rings is 2. The van der Waals surface area contributed by atoms with Crippen molar-refractivity contribution >= 4 is 29.3 Å². The van der Waals surface area contributed by atoms with E-state index in [1.807, 2.05) is 0 Å². The topological polar surface area (TPSA) is 118 Å². The summed E-state index contributed by atoms with van der Waals surface area (Å²) in [5.74, 6) is -0.462. The van der Waals surface area contributed by atoms with Gasteiger partial charge in [-0.2, -0.15) is 0 Å². The molecule has 0 saturated heterocycles. The Balaban J connectivity index is 1.70. The number of carbonyl (C=O) groups excluding carboxylic acids is 2. The lowest BCUT2D eigenvalue weighted by Crippen LogP contribution is -2.30. The van der Waals surface area contributed by atoms with Crippen molar-refractivity contribution in [2.24, 2.45) is 0 Å². The predicted molar refractivity (Wildman–Crippen MR) is 126 cm³/mol. The highest BCUT2D eigenvalue weighted by Crippen LogP contribution is 2.51. The molecule has 2 unspecified atom stereocenters. The number of rotatable bonds is 10. The Morgan fingerprint density at radius 1 is 1.14 bits per heavy atom. The smallest absolute Gasteiger partial charge is 0.321 e. The quantitative estimate of drug-likeness (QED) is 0.290. The number of Topliss-reactive ketones (excluding diaryl/α,β-unsaturated/α-hetero) is 1. The molecule has 1 aliphatic rings. The van der Waals surface area contributed by atoms with Crippen molar-refractivity contribution in [2.45, 2.75) is 44.6 Å². The van der Waals surface area contributed by atoms with Gasteiger partial charge in [0.25, 0.3) is 0 Å². The number of halogens is 1. The molecular weight excluding hydrogens is 480 g/mol. The molecule has 188 valence electrons. The Morgan fingerprint density at radius 2 is 1.80 bits per heavy atom. The minimum absolute atomic E-state index is 0.122. The standard InChI is InChI=1S/C25H27ClO9/c1-13-20-19(28)12-17(35-22(20)24(32-4)23(31-3)21(13)34-14(2)27)9-10-33-16-7-5-15(6-8-16)11-18(26)25(29)30/h5-8,17-18H,9-12H2,1-4H3,(H,29,30). The van der Waals surface area contributed by atoms with E-state index in [9.17, 15) is 14.4 Å². The van der Waals surface area contributed by atoms with Crippen molar-refractivity contribution < 1.29 is 43.2 Å². The van der Waals surface area contributed by atoms with Gasteiger partial charge >= 0.3 is 11.9 Å². The second-order valence-electron chi connectivity index (χ2n) is 7.98. The molecular formula is C25H27ClO9. The highest BCUT2D eigenvalue weighted by molar-refractivity contribution is 6.29. The minimum Gasteiger partial charge on any atom is -0.493 e. The number of aliphatic carboxylic acids is 1. The zero-order valence-electron chi connectivity index (χ0n) is 19.9. The molecule has 0 aliphatic carbocycles. The molecule has 0 bridgehead atoms. The van der Waals surface area contributed by atoms with Crippen LogP contribution < -0.4 is 23.7 Å². The molecule has 0 amide bonds. The van der Waals surface area contributed by atoms with Crippen LogP contribution in [0.1, 0.15) is 41.3 Å². The fraction of sp³-hybridized carbons (Fsp3) is 0.400. The van der Waals surface area contributed by atoms with Crippen LogP contribution >= 0.6 is 11.6 Å². The molecule has 0 radical (unpaired) electrons. The van der Waals surface area contributed by atoms with Crippen molar-refractivity contribution in [1.82, 2.24) is 0 Å². The number of carbonyl (C=O) groups is 3. The molecule has 2 aromatic rings. The summed E-state index contributed by atoms with van der Waals surface area (Å²) in [6.07, 6.45) is 0.293. The summed E-state index contributed by atoms with van der Waals surface area (Å²) in [4.78, 5) is 35.5. The van der Waals surface area contributed by atoms with E-state index in [-0.39, 0.29) is 48.2 Å². The monoisotopic (exact) mass is 506 g/mol. The minimum atomic E-state index is -1.07. The number of hydrogen-bond acceptors (Lipinski definition) is 8. The average molecular weight is 507 g/mol. The molecule has 9 nitrogen and oxygen atoms in total. The van der Waals surface area contributed by atoms with Gasteiger partial charge in [-0.1, -0.05) is 12.1 Å². The summed E-state index contributed by atoms with van der Waals surface area (Å²) in [5, 5.41) is 7.93. The van der Waals surface area contributed by atoms with Crippen LogP contribution in [0.4, 0.5) is 0 Å². The van der Waals surface area contributed by atoms with Crippen molar-refractivity contribution in [3.63, 3.8) is 0 Å². The average Bonchev–Trinajstić information content (AvgIpc) is 2.81. The van der Waals surface area contributed by atoms with Crippen molar-refractivity contribution in [2.75, 3.05) is 20.8 Å². The number of methoxy groups -OCH3 is 2. The fourth-order valence-corrected chi connectivity index (χ4v) is 4.04. The van der Waals surface area contributed by atoms with E-state index >= 15 is 0 Å². The SMILES string of the molecule is COc1c(OC(C)=O)c(C)c2c(c1OC)OC(CCOc1ccc(CC(Cl)C(=O)O)cc1)CC2=O. The molecule has 2 aromatic carbocycles. The summed E-state index contributed by atoms with van der Waals surface area (Å²) >= 11 is 5.78. The van der Waals surface area contributed by atoms with Crippen LogP contribution in [0.3, 0.4) is 0 Å². The maximum absolute atomic E-state index is 13.0. The van der Waals surface area contributed by atoms with Gasteiger partial charge in [-0.15, -0.1) is 11.6 Å². The van der Waals surface area contributed by atoms with Gasteiger partial charge in [0.15, 0.2) is 17.3 Å². The first-order valence-electron chi connectivity index (χ1n) is 10.9. The molecule has 1 N–H and O–H groups in total. The third-order valence-electron chi connectivity index (χ3n) is 5.51. The van der Waals surface area contributed by atoms with Gasteiger partial charge in [0.05, 0.1) is 26.4 Å². The molecule has 0 fully saturated rings. The lowest BCUT2D eigenvalue weighted by molar-refractivity contribution is -0.136. The number of fused-ring (bicyclic) bond motifs is 1. The van der Waals surface area contributed by atoms with Gasteiger partial charge in [0, 0.05) is 25.3 Å². The normalized spacial score (nSPS) is 15.5. The van der Waals surface area contributed by atoms with E-state index < -0.39 is 23.4 Å². The summed E-state index contributed by atoms with van der Waals surface area (Å²) in [6.45, 7) is 3.21. The molecule has 1 heterocycles. The van der Waals surface area contributed by atoms with Crippen molar-refractivity contribution in [3.8, 4) is 28.7 Å². The number of ether oxygens (including phenoxy) is 5. The van der Waals surface area contributed by atoms with E-state index in [4.69, 9.17) is 40.4 Å². The number of hydrogen-bond donors (Lipinski definition) is 1. The Hall–Kier alpha value is -3.46. The number of carboxylic acid groups (broad SMARTS) is 1. The van der Waals surface area contributed by atoms with Crippen LogP contribution in [0.15, 0.2) is 24.3 Å². The zero-order chi connectivity index (χ0) is 25.7. The summed E-state index contributed by atoms with van der Waals surface area (Å²) in [6, 6.07) is 6.98. The largest absolute Gasteiger partial charge is 0.493 e. The highest BCUT2D eigenvalue weighted by atomic mass is 35.5. The van der Waals surface area contributed by atoms with Crippen LogP contribution in [0.2, 0.25) is 0 Å². The number of alkyl halides is 1. The number of carboxylic acids is 1. The fourth-order valence-electron chi connectivity index (χ4n) is 3.86.